The van der Waals surface area contributed by atoms with Crippen molar-refractivity contribution in [3.63, 3.8) is 0 Å². The molecule has 0 radical (unpaired) electrons. The Morgan fingerprint density at radius 1 is 1.24 bits per heavy atom. The second kappa shape index (κ2) is 8.65. The zero-order chi connectivity index (χ0) is 17.5. The molecule has 1 amide bonds. The maximum absolute atomic E-state index is 12.6. The normalized spacial score (nSPS) is 17.3. The number of nitrogens with zero attached hydrogens (tertiary/aromatic N) is 2. The van der Waals surface area contributed by atoms with Gasteiger partial charge in [0.2, 0.25) is 5.91 Å². The molecule has 1 fully saturated rings. The Morgan fingerprint density at radius 2 is 2.08 bits per heavy atom. The Kier molecular flexibility index (Phi) is 6.04. The molecule has 0 bridgehead atoms. The maximum atomic E-state index is 12.6. The smallest absolute Gasteiger partial charge is 0.229 e. The topological polar surface area (TPSA) is 45.2 Å². The van der Waals surface area contributed by atoms with E-state index in [1.165, 1.54) is 18.4 Å². The minimum atomic E-state index is 0.00974. The third-order valence-electron chi connectivity index (χ3n) is 4.81. The van der Waals surface area contributed by atoms with E-state index in [1.54, 1.807) is 6.20 Å². The van der Waals surface area contributed by atoms with Crippen molar-refractivity contribution in [3.05, 3.63) is 54.2 Å². The Balaban J connectivity index is 1.57. The largest absolute Gasteiger partial charge is 0.356 e. The summed E-state index contributed by atoms with van der Waals surface area (Å²) in [5.41, 5.74) is 2.22. The lowest BCUT2D eigenvalue weighted by atomic mass is 9.97. The number of carbonyl (C=O) groups excluding carboxylic acids is 1. The third-order valence-corrected chi connectivity index (χ3v) is 4.81. The molecule has 1 atom stereocenters. The fourth-order valence-corrected chi connectivity index (χ4v) is 3.32. The van der Waals surface area contributed by atoms with Crippen molar-refractivity contribution in [1.29, 1.82) is 0 Å². The lowest BCUT2D eigenvalue weighted by molar-refractivity contribution is -0.120. The molecule has 1 N–H and O–H groups in total. The third kappa shape index (κ3) is 4.81. The lowest BCUT2D eigenvalue weighted by Gasteiger charge is -2.32. The van der Waals surface area contributed by atoms with Gasteiger partial charge in [-0.3, -0.25) is 4.79 Å². The number of nitrogens with one attached hydrogen (secondary N) is 1. The molecule has 1 saturated heterocycles. The number of unbranched alkanes of at least 4 members (excludes halogenated alkanes) is 1. The summed E-state index contributed by atoms with van der Waals surface area (Å²) >= 11 is 0. The number of amides is 1. The lowest BCUT2D eigenvalue weighted by Crippen LogP contribution is -2.41. The Labute approximate surface area is 150 Å². The quantitative estimate of drug-likeness (QED) is 0.856. The first kappa shape index (κ1) is 17.5. The van der Waals surface area contributed by atoms with Crippen LogP contribution < -0.4 is 10.2 Å². The summed E-state index contributed by atoms with van der Waals surface area (Å²) in [6.45, 7) is 3.90. The molecule has 0 spiro atoms. The zero-order valence-electron chi connectivity index (χ0n) is 14.9. The van der Waals surface area contributed by atoms with E-state index in [1.807, 2.05) is 30.3 Å². The number of rotatable bonds is 6. The van der Waals surface area contributed by atoms with Crippen LogP contribution in [0.25, 0.3) is 0 Å². The molecular formula is C21H27N3O. The molecule has 4 heteroatoms. The first-order valence-corrected chi connectivity index (χ1v) is 9.32. The minimum Gasteiger partial charge on any atom is -0.356 e. The Hall–Kier alpha value is -2.36. The molecule has 132 valence electrons. The van der Waals surface area contributed by atoms with Gasteiger partial charge in [-0.05, 0) is 55.5 Å². The average Bonchev–Trinajstić information content (AvgIpc) is 2.68. The van der Waals surface area contributed by atoms with Gasteiger partial charge in [0.05, 0.1) is 5.92 Å². The summed E-state index contributed by atoms with van der Waals surface area (Å²) in [6.07, 6.45) is 7.27. The number of anilines is 2. The average molecular weight is 337 g/mol. The van der Waals surface area contributed by atoms with Crippen molar-refractivity contribution in [1.82, 2.24) is 4.98 Å². The standard InChI is InChI=1S/C21H27N3O/c1-2-3-7-17-10-12-19(13-11-17)23-21(25)18-8-6-15-24(16-18)20-9-4-5-14-22-20/h4-5,9-14,18H,2-3,6-8,15-16H2,1H3,(H,23,25)/t18-/m1/s1. The highest BCUT2D eigenvalue weighted by molar-refractivity contribution is 5.93. The van der Waals surface area contributed by atoms with Crippen LogP contribution in [-0.4, -0.2) is 24.0 Å². The molecule has 4 nitrogen and oxygen atoms in total. The molecular weight excluding hydrogens is 310 g/mol. The number of carbonyl (C=O) groups is 1. The van der Waals surface area contributed by atoms with Gasteiger partial charge in [0, 0.05) is 25.0 Å². The predicted molar refractivity (Wildman–Crippen MR) is 103 cm³/mol. The van der Waals surface area contributed by atoms with Crippen LogP contribution in [-0.2, 0) is 11.2 Å². The van der Waals surface area contributed by atoms with Crippen LogP contribution in [0.2, 0.25) is 0 Å². The number of benzene rings is 1. The summed E-state index contributed by atoms with van der Waals surface area (Å²) in [7, 11) is 0. The van der Waals surface area contributed by atoms with Gasteiger partial charge in [-0.15, -0.1) is 0 Å². The van der Waals surface area contributed by atoms with Crippen molar-refractivity contribution in [2.45, 2.75) is 39.0 Å². The predicted octanol–water partition coefficient (Wildman–Crippen LogP) is 4.28. The molecule has 25 heavy (non-hydrogen) atoms. The van der Waals surface area contributed by atoms with Crippen molar-refractivity contribution < 1.29 is 4.79 Å². The van der Waals surface area contributed by atoms with E-state index in [0.717, 1.165) is 43.9 Å². The number of aryl methyl sites for hydroxylation is 1. The molecule has 1 aromatic heterocycles. The maximum Gasteiger partial charge on any atom is 0.229 e. The first-order chi connectivity index (χ1) is 12.3. The molecule has 1 aromatic carbocycles. The molecule has 0 saturated carbocycles. The first-order valence-electron chi connectivity index (χ1n) is 9.32. The highest BCUT2D eigenvalue weighted by atomic mass is 16.1. The second-order valence-electron chi connectivity index (χ2n) is 6.76. The van der Waals surface area contributed by atoms with Crippen LogP contribution in [0.1, 0.15) is 38.2 Å². The Bertz CT molecular complexity index is 669. The second-order valence-corrected chi connectivity index (χ2v) is 6.76. The van der Waals surface area contributed by atoms with Crippen molar-refractivity contribution in [2.24, 2.45) is 5.92 Å². The SMILES string of the molecule is CCCCc1ccc(NC(=O)[C@@H]2CCCN(c3ccccn3)C2)cc1. The molecule has 2 aromatic rings. The summed E-state index contributed by atoms with van der Waals surface area (Å²) in [4.78, 5) is 19.3. The molecule has 3 rings (SSSR count). The molecule has 2 heterocycles. The van der Waals surface area contributed by atoms with Gasteiger partial charge in [0.15, 0.2) is 0 Å². The van der Waals surface area contributed by atoms with E-state index in [2.05, 4.69) is 34.3 Å². The number of hydrogen-bond acceptors (Lipinski definition) is 3. The van der Waals surface area contributed by atoms with Gasteiger partial charge in [0.25, 0.3) is 0 Å². The van der Waals surface area contributed by atoms with E-state index >= 15 is 0 Å². The highest BCUT2D eigenvalue weighted by Gasteiger charge is 2.26. The number of aromatic nitrogens is 1. The van der Waals surface area contributed by atoms with Gasteiger partial charge in [-0.1, -0.05) is 31.5 Å². The van der Waals surface area contributed by atoms with Gasteiger partial charge >= 0.3 is 0 Å². The van der Waals surface area contributed by atoms with Crippen LogP contribution >= 0.6 is 0 Å². The van der Waals surface area contributed by atoms with Crippen LogP contribution in [0.5, 0.6) is 0 Å². The number of hydrogen-bond donors (Lipinski definition) is 1. The monoisotopic (exact) mass is 337 g/mol. The highest BCUT2D eigenvalue weighted by Crippen LogP contribution is 2.23. The zero-order valence-corrected chi connectivity index (χ0v) is 14.9. The molecule has 1 aliphatic heterocycles. The van der Waals surface area contributed by atoms with Crippen molar-refractivity contribution in [3.8, 4) is 0 Å². The van der Waals surface area contributed by atoms with E-state index in [4.69, 9.17) is 0 Å². The summed E-state index contributed by atoms with van der Waals surface area (Å²) in [5, 5.41) is 3.08. The molecule has 0 unspecified atom stereocenters. The van der Waals surface area contributed by atoms with E-state index < -0.39 is 0 Å². The molecule has 1 aliphatic rings. The fraction of sp³-hybridized carbons (Fsp3) is 0.429. The number of piperidine rings is 1. The summed E-state index contributed by atoms with van der Waals surface area (Å²) in [6, 6.07) is 14.2. The van der Waals surface area contributed by atoms with Crippen LogP contribution in [0, 0.1) is 5.92 Å². The number of pyridine rings is 1. The van der Waals surface area contributed by atoms with Gasteiger partial charge in [0.1, 0.15) is 5.82 Å². The minimum absolute atomic E-state index is 0.00974. The van der Waals surface area contributed by atoms with Crippen LogP contribution in [0.4, 0.5) is 11.5 Å². The van der Waals surface area contributed by atoms with E-state index in [-0.39, 0.29) is 11.8 Å². The van der Waals surface area contributed by atoms with E-state index in [0.29, 0.717) is 0 Å². The fourth-order valence-electron chi connectivity index (χ4n) is 3.32. The van der Waals surface area contributed by atoms with Crippen LogP contribution in [0.3, 0.4) is 0 Å². The Morgan fingerprint density at radius 3 is 2.80 bits per heavy atom. The molecule has 0 aliphatic carbocycles. The van der Waals surface area contributed by atoms with Crippen molar-refractivity contribution >= 4 is 17.4 Å². The van der Waals surface area contributed by atoms with E-state index in [9.17, 15) is 4.79 Å². The van der Waals surface area contributed by atoms with Gasteiger partial charge in [-0.2, -0.15) is 0 Å². The van der Waals surface area contributed by atoms with Crippen LogP contribution in [0.15, 0.2) is 48.7 Å². The van der Waals surface area contributed by atoms with Crippen molar-refractivity contribution in [2.75, 3.05) is 23.3 Å². The van der Waals surface area contributed by atoms with Gasteiger partial charge in [-0.25, -0.2) is 4.98 Å². The summed E-state index contributed by atoms with van der Waals surface area (Å²) < 4.78 is 0. The summed E-state index contributed by atoms with van der Waals surface area (Å²) in [5.74, 6) is 1.08. The van der Waals surface area contributed by atoms with Gasteiger partial charge < -0.3 is 10.2 Å².